The molecule has 1 aromatic heterocycles. The van der Waals surface area contributed by atoms with Gasteiger partial charge in [-0.2, -0.15) is 0 Å². The number of ether oxygens (including phenoxy) is 1. The number of benzene rings is 1. The van der Waals surface area contributed by atoms with Crippen LogP contribution in [0.1, 0.15) is 41.5 Å². The standard InChI is InChI=1S/C18H24N4O3S/c1-12(2)10-11-19-15(23)8-9-16-21-22-18(26-16)17(24)20-13-4-6-14(25-3)7-5-13/h4-7,12H,8-11H2,1-3H3,(H,19,23)(H,20,24). The number of nitrogens with one attached hydrogen (secondary N) is 2. The number of nitrogens with zero attached hydrogens (tertiary/aromatic N) is 2. The van der Waals surface area contributed by atoms with E-state index in [-0.39, 0.29) is 16.8 Å². The number of aromatic nitrogens is 2. The van der Waals surface area contributed by atoms with Gasteiger partial charge in [-0.25, -0.2) is 0 Å². The minimum Gasteiger partial charge on any atom is -0.497 e. The molecule has 0 saturated heterocycles. The molecule has 7 nitrogen and oxygen atoms in total. The van der Waals surface area contributed by atoms with Gasteiger partial charge in [0.25, 0.3) is 5.91 Å². The number of hydrogen-bond acceptors (Lipinski definition) is 6. The summed E-state index contributed by atoms with van der Waals surface area (Å²) in [5.74, 6) is 0.948. The molecule has 0 spiro atoms. The Morgan fingerprint density at radius 3 is 2.58 bits per heavy atom. The normalized spacial score (nSPS) is 10.6. The lowest BCUT2D eigenvalue weighted by atomic mass is 10.1. The zero-order valence-electron chi connectivity index (χ0n) is 15.2. The van der Waals surface area contributed by atoms with Gasteiger partial charge in [-0.3, -0.25) is 9.59 Å². The number of rotatable bonds is 9. The molecule has 0 aliphatic heterocycles. The number of aryl methyl sites for hydroxylation is 1. The molecule has 2 rings (SSSR count). The first kappa shape index (κ1) is 19.8. The molecule has 2 aromatic rings. The second-order valence-electron chi connectivity index (χ2n) is 6.22. The zero-order valence-corrected chi connectivity index (χ0v) is 16.1. The van der Waals surface area contributed by atoms with E-state index in [1.807, 2.05) is 0 Å². The SMILES string of the molecule is COc1ccc(NC(=O)c2nnc(CCC(=O)NCCC(C)C)s2)cc1. The van der Waals surface area contributed by atoms with Crippen LogP contribution in [0.25, 0.3) is 0 Å². The Hall–Kier alpha value is -2.48. The predicted octanol–water partition coefficient (Wildman–Crippen LogP) is 2.89. The topological polar surface area (TPSA) is 93.2 Å². The summed E-state index contributed by atoms with van der Waals surface area (Å²) in [7, 11) is 1.58. The van der Waals surface area contributed by atoms with Crippen molar-refractivity contribution in [3.05, 3.63) is 34.3 Å². The highest BCUT2D eigenvalue weighted by Crippen LogP contribution is 2.17. The summed E-state index contributed by atoms with van der Waals surface area (Å²) in [6, 6.07) is 7.03. The monoisotopic (exact) mass is 376 g/mol. The van der Waals surface area contributed by atoms with Crippen LogP contribution in [0.3, 0.4) is 0 Å². The van der Waals surface area contributed by atoms with Crippen LogP contribution in [0.5, 0.6) is 5.75 Å². The maximum Gasteiger partial charge on any atom is 0.286 e. The van der Waals surface area contributed by atoms with Crippen molar-refractivity contribution in [2.45, 2.75) is 33.1 Å². The first-order chi connectivity index (χ1) is 12.5. The molecule has 0 fully saturated rings. The average Bonchev–Trinajstić information content (AvgIpc) is 3.09. The predicted molar refractivity (Wildman–Crippen MR) is 102 cm³/mol. The first-order valence-electron chi connectivity index (χ1n) is 8.52. The summed E-state index contributed by atoms with van der Waals surface area (Å²) in [5.41, 5.74) is 0.650. The first-order valence-corrected chi connectivity index (χ1v) is 9.34. The number of anilines is 1. The number of methoxy groups -OCH3 is 1. The van der Waals surface area contributed by atoms with Gasteiger partial charge in [0.1, 0.15) is 10.8 Å². The fourth-order valence-electron chi connectivity index (χ4n) is 2.11. The Bertz CT molecular complexity index is 728. The molecule has 26 heavy (non-hydrogen) atoms. The van der Waals surface area contributed by atoms with Gasteiger partial charge >= 0.3 is 0 Å². The second-order valence-corrected chi connectivity index (χ2v) is 7.28. The number of hydrogen-bond donors (Lipinski definition) is 2. The molecule has 1 aromatic carbocycles. The van der Waals surface area contributed by atoms with Gasteiger partial charge in [0.05, 0.1) is 7.11 Å². The molecular formula is C18H24N4O3S. The van der Waals surface area contributed by atoms with Crippen LogP contribution < -0.4 is 15.4 Å². The van der Waals surface area contributed by atoms with Crippen molar-refractivity contribution in [3.8, 4) is 5.75 Å². The summed E-state index contributed by atoms with van der Waals surface area (Å²) >= 11 is 1.20. The van der Waals surface area contributed by atoms with Gasteiger partial charge in [0.2, 0.25) is 10.9 Å². The zero-order chi connectivity index (χ0) is 18.9. The Kier molecular flexibility index (Phi) is 7.53. The molecule has 8 heteroatoms. The molecule has 0 unspecified atom stereocenters. The minimum atomic E-state index is -0.319. The fraction of sp³-hybridized carbons (Fsp3) is 0.444. The van der Waals surface area contributed by atoms with E-state index in [1.54, 1.807) is 31.4 Å². The van der Waals surface area contributed by atoms with Gasteiger partial charge in [0, 0.05) is 25.1 Å². The summed E-state index contributed by atoms with van der Waals surface area (Å²) in [4.78, 5) is 24.0. The van der Waals surface area contributed by atoms with Gasteiger partial charge in [-0.05, 0) is 36.6 Å². The van der Waals surface area contributed by atoms with Gasteiger partial charge < -0.3 is 15.4 Å². The molecule has 2 amide bonds. The summed E-state index contributed by atoms with van der Waals surface area (Å²) in [6.45, 7) is 4.92. The van der Waals surface area contributed by atoms with E-state index >= 15 is 0 Å². The van der Waals surface area contributed by atoms with Gasteiger partial charge in [-0.15, -0.1) is 10.2 Å². The van der Waals surface area contributed by atoms with E-state index in [1.165, 1.54) is 11.3 Å². The molecule has 0 bridgehead atoms. The largest absolute Gasteiger partial charge is 0.497 e. The van der Waals surface area contributed by atoms with E-state index in [4.69, 9.17) is 4.74 Å². The Morgan fingerprint density at radius 2 is 1.92 bits per heavy atom. The van der Waals surface area contributed by atoms with E-state index in [9.17, 15) is 9.59 Å². The quantitative estimate of drug-likeness (QED) is 0.702. The third-order valence-electron chi connectivity index (χ3n) is 3.62. The highest BCUT2D eigenvalue weighted by atomic mass is 32.1. The van der Waals surface area contributed by atoms with Crippen molar-refractivity contribution >= 4 is 28.8 Å². The molecule has 0 atom stereocenters. The average molecular weight is 376 g/mol. The highest BCUT2D eigenvalue weighted by Gasteiger charge is 2.14. The Balaban J connectivity index is 1.80. The molecule has 0 aliphatic rings. The third-order valence-corrected chi connectivity index (χ3v) is 4.60. The van der Waals surface area contributed by atoms with Gasteiger partial charge in [0.15, 0.2) is 0 Å². The fourth-order valence-corrected chi connectivity index (χ4v) is 2.85. The van der Waals surface area contributed by atoms with Crippen LogP contribution in [-0.4, -0.2) is 35.7 Å². The van der Waals surface area contributed by atoms with Gasteiger partial charge in [-0.1, -0.05) is 25.2 Å². The molecule has 0 radical (unpaired) electrons. The number of amides is 2. The summed E-state index contributed by atoms with van der Waals surface area (Å²) in [6.07, 6.45) is 1.77. The van der Waals surface area contributed by atoms with Crippen molar-refractivity contribution in [1.29, 1.82) is 0 Å². The molecule has 1 heterocycles. The number of carbonyl (C=O) groups excluding carboxylic acids is 2. The smallest absolute Gasteiger partial charge is 0.286 e. The van der Waals surface area contributed by atoms with E-state index in [0.717, 1.165) is 6.42 Å². The van der Waals surface area contributed by atoms with Crippen LogP contribution >= 0.6 is 11.3 Å². The third kappa shape index (κ3) is 6.44. The summed E-state index contributed by atoms with van der Waals surface area (Å²) in [5, 5.41) is 14.5. The van der Waals surface area contributed by atoms with Crippen molar-refractivity contribution in [1.82, 2.24) is 15.5 Å². The Morgan fingerprint density at radius 1 is 1.19 bits per heavy atom. The van der Waals surface area contributed by atoms with Crippen LogP contribution in [0.2, 0.25) is 0 Å². The highest BCUT2D eigenvalue weighted by molar-refractivity contribution is 7.13. The van der Waals surface area contributed by atoms with Crippen LogP contribution in [0, 0.1) is 5.92 Å². The van der Waals surface area contributed by atoms with E-state index < -0.39 is 0 Å². The lowest BCUT2D eigenvalue weighted by Crippen LogP contribution is -2.25. The van der Waals surface area contributed by atoms with Crippen LogP contribution in [-0.2, 0) is 11.2 Å². The second kappa shape index (κ2) is 9.86. The maximum atomic E-state index is 12.2. The van der Waals surface area contributed by atoms with Crippen LogP contribution in [0.15, 0.2) is 24.3 Å². The van der Waals surface area contributed by atoms with Crippen molar-refractivity contribution in [3.63, 3.8) is 0 Å². The Labute approximate surface area is 157 Å². The molecule has 0 aliphatic carbocycles. The van der Waals surface area contributed by atoms with Crippen molar-refractivity contribution in [2.24, 2.45) is 5.92 Å². The maximum absolute atomic E-state index is 12.2. The lowest BCUT2D eigenvalue weighted by Gasteiger charge is -2.06. The molecular weight excluding hydrogens is 352 g/mol. The number of carbonyl (C=O) groups is 2. The molecule has 0 saturated carbocycles. The van der Waals surface area contributed by atoms with Crippen LogP contribution in [0.4, 0.5) is 5.69 Å². The van der Waals surface area contributed by atoms with Crippen molar-refractivity contribution < 1.29 is 14.3 Å². The van der Waals surface area contributed by atoms with Crippen molar-refractivity contribution in [2.75, 3.05) is 19.0 Å². The van der Waals surface area contributed by atoms with E-state index in [0.29, 0.717) is 41.7 Å². The summed E-state index contributed by atoms with van der Waals surface area (Å²) < 4.78 is 5.08. The lowest BCUT2D eigenvalue weighted by molar-refractivity contribution is -0.121. The molecule has 2 N–H and O–H groups in total. The molecule has 140 valence electrons. The van der Waals surface area contributed by atoms with E-state index in [2.05, 4.69) is 34.7 Å². The minimum absolute atomic E-state index is 0.00918.